The molecule has 0 spiro atoms. The number of carbonyl (C=O) groups excluding carboxylic acids is 2. The minimum atomic E-state index is -0.306. The summed E-state index contributed by atoms with van der Waals surface area (Å²) in [7, 11) is 0. The number of aryl methyl sites for hydroxylation is 2. The van der Waals surface area contributed by atoms with E-state index in [2.05, 4.69) is 20.7 Å². The third-order valence-corrected chi connectivity index (χ3v) is 3.99. The van der Waals surface area contributed by atoms with E-state index in [1.54, 1.807) is 25.1 Å². The van der Waals surface area contributed by atoms with Gasteiger partial charge in [0, 0.05) is 29.4 Å². The zero-order valence-electron chi connectivity index (χ0n) is 12.5. The number of carbonyl (C=O) groups is 2. The van der Waals surface area contributed by atoms with Gasteiger partial charge in [0.25, 0.3) is 5.91 Å². The van der Waals surface area contributed by atoms with Gasteiger partial charge >= 0.3 is 0 Å². The third kappa shape index (κ3) is 2.30. The van der Waals surface area contributed by atoms with Gasteiger partial charge in [-0.25, -0.2) is 5.43 Å². The Morgan fingerprint density at radius 3 is 2.87 bits per heavy atom. The van der Waals surface area contributed by atoms with Crippen LogP contribution in [-0.4, -0.2) is 27.5 Å². The van der Waals surface area contributed by atoms with Crippen molar-refractivity contribution in [2.24, 2.45) is 5.10 Å². The van der Waals surface area contributed by atoms with Crippen LogP contribution in [0.4, 0.5) is 0 Å². The molecule has 1 amide bonds. The zero-order chi connectivity index (χ0) is 16.0. The number of hydrogen-bond donors (Lipinski definition) is 2. The summed E-state index contributed by atoms with van der Waals surface area (Å²) in [6.45, 7) is 1.77. The van der Waals surface area contributed by atoms with Gasteiger partial charge in [0.05, 0.1) is 5.57 Å². The summed E-state index contributed by atoms with van der Waals surface area (Å²) in [4.78, 5) is 27.2. The number of H-pyrrole nitrogens is 1. The number of aromatic amines is 1. The number of ketones is 1. The van der Waals surface area contributed by atoms with Crippen LogP contribution < -0.4 is 5.43 Å². The Kier molecular flexibility index (Phi) is 3.00. The lowest BCUT2D eigenvalue weighted by molar-refractivity contribution is -0.116. The van der Waals surface area contributed by atoms with E-state index in [0.717, 1.165) is 24.1 Å². The Labute approximate surface area is 131 Å². The standard InChI is InChI=1S/C16H14N4O3/c1-8-5-13(20-23-8)15-11(16(22)19-18-15)7-9-6-10-12(17-9)3-2-4-14(10)21/h5-7,17H,2-4H2,1H3,(H,19,22). The van der Waals surface area contributed by atoms with Crippen molar-refractivity contribution in [3.8, 4) is 0 Å². The number of amides is 1. The molecule has 0 bridgehead atoms. The first-order valence-electron chi connectivity index (χ1n) is 7.40. The van der Waals surface area contributed by atoms with Gasteiger partial charge in [-0.3, -0.25) is 9.59 Å². The van der Waals surface area contributed by atoms with Crippen molar-refractivity contribution >= 4 is 23.5 Å². The molecule has 0 atom stereocenters. The number of fused-ring (bicyclic) bond motifs is 1. The van der Waals surface area contributed by atoms with E-state index in [0.29, 0.717) is 34.9 Å². The Balaban J connectivity index is 1.73. The van der Waals surface area contributed by atoms with Crippen LogP contribution in [0.15, 0.2) is 27.3 Å². The van der Waals surface area contributed by atoms with Crippen LogP contribution >= 0.6 is 0 Å². The molecule has 23 heavy (non-hydrogen) atoms. The second-order valence-corrected chi connectivity index (χ2v) is 5.68. The van der Waals surface area contributed by atoms with Gasteiger partial charge in [0.1, 0.15) is 17.2 Å². The maximum atomic E-state index is 12.0. The lowest BCUT2D eigenvalue weighted by Crippen LogP contribution is -2.13. The van der Waals surface area contributed by atoms with Crippen molar-refractivity contribution in [2.45, 2.75) is 26.2 Å². The van der Waals surface area contributed by atoms with Crippen LogP contribution in [0.25, 0.3) is 6.08 Å². The highest BCUT2D eigenvalue weighted by Gasteiger charge is 2.27. The van der Waals surface area contributed by atoms with Gasteiger partial charge in [0.15, 0.2) is 5.78 Å². The van der Waals surface area contributed by atoms with E-state index in [1.807, 2.05) is 0 Å². The first-order valence-corrected chi connectivity index (χ1v) is 7.40. The van der Waals surface area contributed by atoms with Gasteiger partial charge in [-0.15, -0.1) is 0 Å². The molecule has 2 aromatic heterocycles. The van der Waals surface area contributed by atoms with Gasteiger partial charge in [-0.2, -0.15) is 5.10 Å². The van der Waals surface area contributed by atoms with Crippen molar-refractivity contribution in [2.75, 3.05) is 0 Å². The molecule has 0 radical (unpaired) electrons. The number of nitrogens with zero attached hydrogens (tertiary/aromatic N) is 2. The highest BCUT2D eigenvalue weighted by Crippen LogP contribution is 2.24. The summed E-state index contributed by atoms with van der Waals surface area (Å²) in [5, 5.41) is 7.92. The number of rotatable bonds is 2. The van der Waals surface area contributed by atoms with Gasteiger partial charge in [0.2, 0.25) is 0 Å². The molecule has 3 heterocycles. The van der Waals surface area contributed by atoms with Gasteiger partial charge in [-0.05, 0) is 31.9 Å². The Morgan fingerprint density at radius 2 is 2.13 bits per heavy atom. The predicted octanol–water partition coefficient (Wildman–Crippen LogP) is 1.75. The summed E-state index contributed by atoms with van der Waals surface area (Å²) in [6.07, 6.45) is 3.97. The smallest absolute Gasteiger partial charge is 0.273 e. The first-order chi connectivity index (χ1) is 11.1. The second-order valence-electron chi connectivity index (χ2n) is 5.68. The van der Waals surface area contributed by atoms with Crippen molar-refractivity contribution in [3.05, 3.63) is 46.1 Å². The SMILES string of the molecule is Cc1cc(C2=NNC(=O)C2=Cc2cc3c([nH]2)CCCC3=O)no1. The van der Waals surface area contributed by atoms with Gasteiger partial charge in [-0.1, -0.05) is 5.16 Å². The molecule has 2 aromatic rings. The number of Topliss-reactive ketones (excluding diaryl/α,β-unsaturated/α-hetero) is 1. The van der Waals surface area contributed by atoms with E-state index < -0.39 is 0 Å². The molecule has 0 saturated heterocycles. The first kappa shape index (κ1) is 13.7. The summed E-state index contributed by atoms with van der Waals surface area (Å²) >= 11 is 0. The van der Waals surface area contributed by atoms with Crippen LogP contribution in [0, 0.1) is 6.92 Å². The normalized spacial score (nSPS) is 19.0. The molecule has 4 rings (SSSR count). The number of aromatic nitrogens is 2. The fourth-order valence-corrected chi connectivity index (χ4v) is 2.90. The number of nitrogens with one attached hydrogen (secondary N) is 2. The summed E-state index contributed by atoms with van der Waals surface area (Å²) in [5.74, 6) is 0.478. The van der Waals surface area contributed by atoms with Crippen LogP contribution in [0.1, 0.15) is 46.0 Å². The van der Waals surface area contributed by atoms with E-state index >= 15 is 0 Å². The molecule has 0 aromatic carbocycles. The Bertz CT molecular complexity index is 885. The maximum absolute atomic E-state index is 12.0. The molecule has 1 aliphatic carbocycles. The molecule has 0 fully saturated rings. The third-order valence-electron chi connectivity index (χ3n) is 3.99. The molecular formula is C16H14N4O3. The highest BCUT2D eigenvalue weighted by molar-refractivity contribution is 6.32. The van der Waals surface area contributed by atoms with Crippen molar-refractivity contribution in [1.82, 2.24) is 15.6 Å². The van der Waals surface area contributed by atoms with Gasteiger partial charge < -0.3 is 9.51 Å². The molecule has 2 aliphatic rings. The summed E-state index contributed by atoms with van der Waals surface area (Å²) < 4.78 is 5.04. The molecular weight excluding hydrogens is 296 g/mol. The summed E-state index contributed by atoms with van der Waals surface area (Å²) in [6, 6.07) is 3.51. The molecule has 0 saturated carbocycles. The van der Waals surface area contributed by atoms with E-state index in [-0.39, 0.29) is 11.7 Å². The molecule has 116 valence electrons. The van der Waals surface area contributed by atoms with Crippen LogP contribution in [0.3, 0.4) is 0 Å². The Morgan fingerprint density at radius 1 is 1.26 bits per heavy atom. The zero-order valence-corrected chi connectivity index (χ0v) is 12.5. The van der Waals surface area contributed by atoms with Crippen molar-refractivity contribution in [3.63, 3.8) is 0 Å². The van der Waals surface area contributed by atoms with Crippen LogP contribution in [-0.2, 0) is 11.2 Å². The topological polar surface area (TPSA) is 100 Å². The molecule has 7 nitrogen and oxygen atoms in total. The van der Waals surface area contributed by atoms with E-state index in [1.165, 1.54) is 0 Å². The minimum absolute atomic E-state index is 0.143. The Hall–Kier alpha value is -2.96. The van der Waals surface area contributed by atoms with Crippen LogP contribution in [0.5, 0.6) is 0 Å². The quantitative estimate of drug-likeness (QED) is 0.825. The van der Waals surface area contributed by atoms with E-state index in [4.69, 9.17) is 4.52 Å². The predicted molar refractivity (Wildman–Crippen MR) is 82.0 cm³/mol. The maximum Gasteiger partial charge on any atom is 0.273 e. The van der Waals surface area contributed by atoms with Crippen molar-refractivity contribution < 1.29 is 14.1 Å². The average molecular weight is 310 g/mol. The fourth-order valence-electron chi connectivity index (χ4n) is 2.90. The highest BCUT2D eigenvalue weighted by atomic mass is 16.5. The summed E-state index contributed by atoms with van der Waals surface area (Å²) in [5.41, 5.74) is 6.13. The largest absolute Gasteiger partial charge is 0.361 e. The number of hydrogen-bond acceptors (Lipinski definition) is 5. The molecule has 0 unspecified atom stereocenters. The average Bonchev–Trinajstić information content (AvgIpc) is 3.20. The minimum Gasteiger partial charge on any atom is -0.361 e. The number of hydrazone groups is 1. The lowest BCUT2D eigenvalue weighted by Gasteiger charge is -2.08. The molecule has 1 aliphatic heterocycles. The molecule has 7 heteroatoms. The monoisotopic (exact) mass is 310 g/mol. The second kappa shape index (κ2) is 5.05. The fraction of sp³-hybridized carbons (Fsp3) is 0.250. The van der Waals surface area contributed by atoms with Crippen molar-refractivity contribution in [1.29, 1.82) is 0 Å². The lowest BCUT2D eigenvalue weighted by atomic mass is 9.97. The van der Waals surface area contributed by atoms with Crippen LogP contribution in [0.2, 0.25) is 0 Å². The molecule has 2 N–H and O–H groups in total. The van der Waals surface area contributed by atoms with E-state index in [9.17, 15) is 9.59 Å².